The Hall–Kier alpha value is -1.93. The molecule has 1 aliphatic rings. The number of hydrogen-bond donors (Lipinski definition) is 1. The van der Waals surface area contributed by atoms with Crippen LogP contribution < -0.4 is 4.72 Å². The average Bonchev–Trinajstić information content (AvgIpc) is 3.03. The van der Waals surface area contributed by atoms with E-state index < -0.39 is 0 Å². The predicted molar refractivity (Wildman–Crippen MR) is 109 cm³/mol. The van der Waals surface area contributed by atoms with E-state index in [1.54, 1.807) is 18.1 Å². The summed E-state index contributed by atoms with van der Waals surface area (Å²) in [5.41, 5.74) is 3.34. The van der Waals surface area contributed by atoms with Crippen LogP contribution in [0.25, 0.3) is 11.0 Å². The molecule has 1 N–H and O–H groups in total. The predicted octanol–water partition coefficient (Wildman–Crippen LogP) is 2.72. The molecule has 6 nitrogen and oxygen atoms in total. The molecule has 27 heavy (non-hydrogen) atoms. The molecule has 1 aromatic carbocycles. The largest absolute Gasteiger partial charge is 0.379 e. The van der Waals surface area contributed by atoms with Crippen molar-refractivity contribution in [3.05, 3.63) is 54.1 Å². The number of benzene rings is 1. The van der Waals surface area contributed by atoms with E-state index in [2.05, 4.69) is 48.4 Å². The molecule has 2 aromatic heterocycles. The third-order valence-electron chi connectivity index (χ3n) is 4.83. The normalized spacial score (nSPS) is 15.4. The van der Waals surface area contributed by atoms with Crippen molar-refractivity contribution in [3.63, 3.8) is 0 Å². The molecule has 142 valence electrons. The maximum absolute atomic E-state index is 5.38. The summed E-state index contributed by atoms with van der Waals surface area (Å²) in [6.07, 6.45) is 3.68. The van der Waals surface area contributed by atoms with Gasteiger partial charge in [-0.1, -0.05) is 12.1 Å². The van der Waals surface area contributed by atoms with Gasteiger partial charge in [-0.2, -0.15) is 0 Å². The van der Waals surface area contributed by atoms with E-state index in [0.29, 0.717) is 0 Å². The van der Waals surface area contributed by atoms with Crippen molar-refractivity contribution in [3.8, 4) is 0 Å². The molecular formula is C20H25N5OS. The number of fused-ring (bicyclic) bond motifs is 1. The molecule has 1 aliphatic heterocycles. The van der Waals surface area contributed by atoms with Crippen molar-refractivity contribution < 1.29 is 4.74 Å². The van der Waals surface area contributed by atoms with Crippen LogP contribution in [0.3, 0.4) is 0 Å². The highest BCUT2D eigenvalue weighted by atomic mass is 32.2. The molecule has 0 aliphatic carbocycles. The molecule has 1 fully saturated rings. The highest BCUT2D eigenvalue weighted by Gasteiger charge is 2.10. The van der Waals surface area contributed by atoms with E-state index >= 15 is 0 Å². The number of nitrogens with zero attached hydrogens (tertiary/aromatic N) is 4. The Morgan fingerprint density at radius 2 is 1.96 bits per heavy atom. The van der Waals surface area contributed by atoms with Crippen LogP contribution in [0.2, 0.25) is 0 Å². The maximum Gasteiger partial charge on any atom is 0.107 e. The average molecular weight is 384 g/mol. The van der Waals surface area contributed by atoms with Crippen LogP contribution in [0.4, 0.5) is 0 Å². The Bertz CT molecular complexity index is 874. The van der Waals surface area contributed by atoms with Gasteiger partial charge in [0.2, 0.25) is 0 Å². The molecule has 4 rings (SSSR count). The summed E-state index contributed by atoms with van der Waals surface area (Å²) < 4.78 is 11.0. The fourth-order valence-corrected chi connectivity index (χ4v) is 3.93. The van der Waals surface area contributed by atoms with E-state index in [0.717, 1.165) is 62.8 Å². The first-order chi connectivity index (χ1) is 13.3. The van der Waals surface area contributed by atoms with Gasteiger partial charge in [0.05, 0.1) is 30.4 Å². The highest BCUT2D eigenvalue weighted by molar-refractivity contribution is 7.97. The van der Waals surface area contributed by atoms with E-state index in [4.69, 9.17) is 4.74 Å². The SMILES string of the molecule is Cc1nc2ccncc2n1Cc1ccc(SNCCN2CCOCC2)cc1. The lowest BCUT2D eigenvalue weighted by molar-refractivity contribution is 0.0391. The van der Waals surface area contributed by atoms with Gasteiger partial charge >= 0.3 is 0 Å². The number of morpholine rings is 1. The minimum Gasteiger partial charge on any atom is -0.379 e. The first-order valence-electron chi connectivity index (χ1n) is 9.35. The Morgan fingerprint density at radius 1 is 1.15 bits per heavy atom. The van der Waals surface area contributed by atoms with Crippen LogP contribution in [0.5, 0.6) is 0 Å². The Labute approximate surface area is 164 Å². The smallest absolute Gasteiger partial charge is 0.107 e. The first-order valence-corrected chi connectivity index (χ1v) is 10.2. The molecule has 0 saturated carbocycles. The van der Waals surface area contributed by atoms with E-state index in [1.165, 1.54) is 10.5 Å². The number of hydrogen-bond acceptors (Lipinski definition) is 6. The minimum absolute atomic E-state index is 0.809. The van der Waals surface area contributed by atoms with Crippen LogP contribution in [-0.4, -0.2) is 58.8 Å². The molecule has 1 saturated heterocycles. The number of nitrogens with one attached hydrogen (secondary N) is 1. The van der Waals surface area contributed by atoms with Crippen LogP contribution in [0, 0.1) is 6.92 Å². The van der Waals surface area contributed by atoms with Crippen LogP contribution in [0.1, 0.15) is 11.4 Å². The summed E-state index contributed by atoms with van der Waals surface area (Å²) in [7, 11) is 0. The first kappa shape index (κ1) is 18.4. The van der Waals surface area contributed by atoms with Crippen molar-refractivity contribution in [2.75, 3.05) is 39.4 Å². The molecular weight excluding hydrogens is 358 g/mol. The molecule has 7 heteroatoms. The molecule has 3 heterocycles. The second-order valence-corrected chi connectivity index (χ2v) is 7.67. The van der Waals surface area contributed by atoms with Gasteiger partial charge in [-0.25, -0.2) is 4.98 Å². The molecule has 0 spiro atoms. The van der Waals surface area contributed by atoms with Gasteiger partial charge in [-0.15, -0.1) is 0 Å². The van der Waals surface area contributed by atoms with Crippen molar-refractivity contribution in [2.45, 2.75) is 18.4 Å². The second-order valence-electron chi connectivity index (χ2n) is 6.70. The third-order valence-corrected chi connectivity index (χ3v) is 5.69. The van der Waals surface area contributed by atoms with Gasteiger partial charge in [0, 0.05) is 43.8 Å². The van der Waals surface area contributed by atoms with Gasteiger partial charge in [-0.3, -0.25) is 14.6 Å². The molecule has 0 bridgehead atoms. The van der Waals surface area contributed by atoms with Gasteiger partial charge in [0.25, 0.3) is 0 Å². The van der Waals surface area contributed by atoms with Crippen LogP contribution in [-0.2, 0) is 11.3 Å². The summed E-state index contributed by atoms with van der Waals surface area (Å²) in [5, 5.41) is 0. The third kappa shape index (κ3) is 4.68. The summed E-state index contributed by atoms with van der Waals surface area (Å²) in [4.78, 5) is 12.5. The summed E-state index contributed by atoms with van der Waals surface area (Å²) >= 11 is 1.69. The zero-order valence-electron chi connectivity index (χ0n) is 15.6. The van der Waals surface area contributed by atoms with Crippen molar-refractivity contribution in [1.29, 1.82) is 0 Å². The maximum atomic E-state index is 5.38. The molecule has 3 aromatic rings. The number of ether oxygens (including phenoxy) is 1. The van der Waals surface area contributed by atoms with E-state index in [9.17, 15) is 0 Å². The quantitative estimate of drug-likeness (QED) is 0.500. The van der Waals surface area contributed by atoms with Crippen LogP contribution >= 0.6 is 11.9 Å². The summed E-state index contributed by atoms with van der Waals surface area (Å²) in [5.74, 6) is 1.02. The van der Waals surface area contributed by atoms with Gasteiger partial charge in [-0.05, 0) is 42.6 Å². The number of rotatable bonds is 7. The number of pyridine rings is 1. The Kier molecular flexibility index (Phi) is 6.03. The minimum atomic E-state index is 0.809. The standard InChI is InChI=1S/C20H25N5OS/c1-16-23-19-6-7-21-14-20(19)25(16)15-17-2-4-18(5-3-17)27-22-8-9-24-10-12-26-13-11-24/h2-7,14,22H,8-13,15H2,1H3. The fraction of sp³-hybridized carbons (Fsp3) is 0.400. The molecule has 0 atom stereocenters. The van der Waals surface area contributed by atoms with Crippen molar-refractivity contribution in [1.82, 2.24) is 24.2 Å². The fourth-order valence-electron chi connectivity index (χ4n) is 3.30. The summed E-state index contributed by atoms with van der Waals surface area (Å²) in [6, 6.07) is 10.7. The van der Waals surface area contributed by atoms with Crippen molar-refractivity contribution in [2.24, 2.45) is 0 Å². The number of imidazole rings is 1. The Balaban J connectivity index is 1.30. The van der Waals surface area contributed by atoms with Gasteiger partial charge in [0.1, 0.15) is 5.82 Å². The lowest BCUT2D eigenvalue weighted by Gasteiger charge is -2.26. The van der Waals surface area contributed by atoms with Gasteiger partial charge in [0.15, 0.2) is 0 Å². The number of aromatic nitrogens is 3. The lowest BCUT2D eigenvalue weighted by atomic mass is 10.2. The molecule has 0 unspecified atom stereocenters. The molecule has 0 radical (unpaired) electrons. The zero-order valence-corrected chi connectivity index (χ0v) is 16.4. The summed E-state index contributed by atoms with van der Waals surface area (Å²) in [6.45, 7) is 8.69. The van der Waals surface area contributed by atoms with E-state index in [1.807, 2.05) is 19.2 Å². The molecule has 0 amide bonds. The zero-order chi connectivity index (χ0) is 18.5. The highest BCUT2D eigenvalue weighted by Crippen LogP contribution is 2.19. The van der Waals surface area contributed by atoms with Gasteiger partial charge < -0.3 is 9.30 Å². The topological polar surface area (TPSA) is 55.2 Å². The lowest BCUT2D eigenvalue weighted by Crippen LogP contribution is -2.39. The Morgan fingerprint density at radius 3 is 2.78 bits per heavy atom. The number of aryl methyl sites for hydroxylation is 1. The van der Waals surface area contributed by atoms with E-state index in [-0.39, 0.29) is 0 Å². The second kappa shape index (κ2) is 8.84. The monoisotopic (exact) mass is 383 g/mol. The van der Waals surface area contributed by atoms with Crippen LogP contribution in [0.15, 0.2) is 47.6 Å². The van der Waals surface area contributed by atoms with Crippen molar-refractivity contribution >= 4 is 23.0 Å².